The van der Waals surface area contributed by atoms with Crippen LogP contribution >= 0.6 is 0 Å². The molecule has 196 valence electrons. The molecule has 0 saturated carbocycles. The van der Waals surface area contributed by atoms with E-state index in [0.717, 1.165) is 0 Å². The fourth-order valence-corrected chi connectivity index (χ4v) is 2.84. The maximum Gasteiger partial charge on any atom is 0.326 e. The Morgan fingerprint density at radius 3 is 1.65 bits per heavy atom. The van der Waals surface area contributed by atoms with Gasteiger partial charge >= 0.3 is 5.97 Å². The number of rotatable bonds is 15. The Balaban J connectivity index is 5.23. The lowest BCUT2D eigenvalue weighted by molar-refractivity contribution is -0.144. The molecule has 9 N–H and O–H groups in total. The highest BCUT2D eigenvalue weighted by atomic mass is 16.4. The van der Waals surface area contributed by atoms with E-state index in [1.165, 1.54) is 6.92 Å². The number of nitrogens with one attached hydrogen (secondary N) is 4. The van der Waals surface area contributed by atoms with Gasteiger partial charge in [0.05, 0.1) is 13.2 Å². The normalized spacial score (nSPS) is 17.2. The summed E-state index contributed by atoms with van der Waals surface area (Å²) in [4.78, 5) is 61.1. The lowest BCUT2D eigenvalue weighted by Gasteiger charge is -2.27. The number of aliphatic carboxylic acids is 1. The minimum atomic E-state index is -1.44. The highest BCUT2D eigenvalue weighted by molar-refractivity contribution is 5.95. The topological polar surface area (TPSA) is 220 Å². The Morgan fingerprint density at radius 2 is 1.21 bits per heavy atom. The summed E-state index contributed by atoms with van der Waals surface area (Å²) in [6.07, 6.45) is 0.995. The molecule has 0 aliphatic carbocycles. The molecule has 7 atom stereocenters. The molecule has 0 aliphatic heterocycles. The predicted octanol–water partition coefficient (Wildman–Crippen LogP) is -2.57. The molecule has 0 bridgehead atoms. The molecule has 13 heteroatoms. The van der Waals surface area contributed by atoms with E-state index in [2.05, 4.69) is 21.3 Å². The average Bonchev–Trinajstić information content (AvgIpc) is 2.81. The van der Waals surface area contributed by atoms with Crippen molar-refractivity contribution >= 4 is 29.6 Å². The molecule has 0 rings (SSSR count). The van der Waals surface area contributed by atoms with Gasteiger partial charge in [-0.15, -0.1) is 0 Å². The molecule has 0 spiro atoms. The van der Waals surface area contributed by atoms with E-state index in [-0.39, 0.29) is 11.8 Å². The van der Waals surface area contributed by atoms with E-state index in [4.69, 9.17) is 10.8 Å². The third kappa shape index (κ3) is 9.61. The highest BCUT2D eigenvalue weighted by Crippen LogP contribution is 2.10. The summed E-state index contributed by atoms with van der Waals surface area (Å²) in [6, 6.07) is -6.05. The summed E-state index contributed by atoms with van der Waals surface area (Å²) >= 11 is 0. The minimum absolute atomic E-state index is 0.324. The van der Waals surface area contributed by atoms with Crippen molar-refractivity contribution in [1.29, 1.82) is 0 Å². The van der Waals surface area contributed by atoms with Crippen LogP contribution in [0.4, 0.5) is 0 Å². The van der Waals surface area contributed by atoms with Gasteiger partial charge in [0.15, 0.2) is 0 Å². The second kappa shape index (κ2) is 15.2. The number of carbonyl (C=O) groups excluding carboxylic acids is 4. The average molecular weight is 490 g/mol. The second-order valence-electron chi connectivity index (χ2n) is 8.34. The predicted molar refractivity (Wildman–Crippen MR) is 122 cm³/mol. The Labute approximate surface area is 199 Å². The van der Waals surface area contributed by atoms with Crippen LogP contribution in [0.5, 0.6) is 0 Å². The molecule has 13 nitrogen and oxygen atoms in total. The zero-order chi connectivity index (χ0) is 26.6. The van der Waals surface area contributed by atoms with Gasteiger partial charge < -0.3 is 42.3 Å². The number of aliphatic hydroxyl groups is 2. The molecule has 0 radical (unpaired) electrons. The molecule has 0 unspecified atom stereocenters. The van der Waals surface area contributed by atoms with Crippen molar-refractivity contribution in [2.45, 2.75) is 77.7 Å². The first kappa shape index (κ1) is 31.2. The number of hydrogen-bond donors (Lipinski definition) is 8. The van der Waals surface area contributed by atoms with E-state index >= 15 is 0 Å². The van der Waals surface area contributed by atoms with Crippen LogP contribution in [-0.2, 0) is 24.0 Å². The first-order valence-corrected chi connectivity index (χ1v) is 11.3. The van der Waals surface area contributed by atoms with Crippen LogP contribution in [0.2, 0.25) is 0 Å². The highest BCUT2D eigenvalue weighted by Gasteiger charge is 2.32. The van der Waals surface area contributed by atoms with Gasteiger partial charge in [0.1, 0.15) is 30.2 Å². The third-order valence-electron chi connectivity index (χ3n) is 5.67. The lowest BCUT2D eigenvalue weighted by Crippen LogP contribution is -2.60. The summed E-state index contributed by atoms with van der Waals surface area (Å²) in [5.74, 6) is -5.06. The van der Waals surface area contributed by atoms with Crippen LogP contribution < -0.4 is 27.0 Å². The molecule has 0 fully saturated rings. The van der Waals surface area contributed by atoms with E-state index in [1.807, 2.05) is 0 Å². The van der Waals surface area contributed by atoms with Crippen LogP contribution in [0.25, 0.3) is 0 Å². The van der Waals surface area contributed by atoms with Gasteiger partial charge in [-0.2, -0.15) is 0 Å². The molecule has 0 aromatic carbocycles. The summed E-state index contributed by atoms with van der Waals surface area (Å²) in [5.41, 5.74) is 5.48. The monoisotopic (exact) mass is 489 g/mol. The molecular weight excluding hydrogens is 450 g/mol. The van der Waals surface area contributed by atoms with Crippen LogP contribution in [0.15, 0.2) is 0 Å². The van der Waals surface area contributed by atoms with E-state index < -0.39 is 73.0 Å². The van der Waals surface area contributed by atoms with Crippen molar-refractivity contribution in [1.82, 2.24) is 21.3 Å². The van der Waals surface area contributed by atoms with Crippen molar-refractivity contribution in [2.75, 3.05) is 13.2 Å². The van der Waals surface area contributed by atoms with Gasteiger partial charge in [-0.25, -0.2) is 4.79 Å². The molecule has 0 saturated heterocycles. The quantitative estimate of drug-likeness (QED) is 0.121. The van der Waals surface area contributed by atoms with Crippen molar-refractivity contribution in [3.63, 3.8) is 0 Å². The van der Waals surface area contributed by atoms with E-state index in [1.54, 1.807) is 27.7 Å². The molecule has 0 aromatic heterocycles. The van der Waals surface area contributed by atoms with Crippen LogP contribution in [0.3, 0.4) is 0 Å². The van der Waals surface area contributed by atoms with Crippen molar-refractivity contribution < 1.29 is 39.3 Å². The van der Waals surface area contributed by atoms with Gasteiger partial charge in [0.2, 0.25) is 23.6 Å². The Morgan fingerprint density at radius 1 is 0.706 bits per heavy atom. The Bertz CT molecular complexity index is 719. The van der Waals surface area contributed by atoms with E-state index in [0.29, 0.717) is 12.8 Å². The van der Waals surface area contributed by atoms with Gasteiger partial charge in [0, 0.05) is 0 Å². The second-order valence-corrected chi connectivity index (χ2v) is 8.34. The molecule has 0 heterocycles. The largest absolute Gasteiger partial charge is 0.480 e. The van der Waals surface area contributed by atoms with Crippen molar-refractivity contribution in [2.24, 2.45) is 17.6 Å². The zero-order valence-electron chi connectivity index (χ0n) is 20.3. The molecule has 0 aliphatic rings. The minimum Gasteiger partial charge on any atom is -0.480 e. The van der Waals surface area contributed by atoms with Gasteiger partial charge in [-0.3, -0.25) is 19.2 Å². The molecule has 34 heavy (non-hydrogen) atoms. The van der Waals surface area contributed by atoms with Crippen LogP contribution in [0.1, 0.15) is 47.5 Å². The Hall–Kier alpha value is -2.77. The lowest BCUT2D eigenvalue weighted by atomic mass is 9.97. The maximum atomic E-state index is 12.7. The molecular formula is C21H39N5O8. The zero-order valence-corrected chi connectivity index (χ0v) is 20.3. The van der Waals surface area contributed by atoms with Crippen molar-refractivity contribution in [3.8, 4) is 0 Å². The molecule has 0 aromatic rings. The smallest absolute Gasteiger partial charge is 0.326 e. The number of carbonyl (C=O) groups is 5. The van der Waals surface area contributed by atoms with Gasteiger partial charge in [-0.1, -0.05) is 40.5 Å². The summed E-state index contributed by atoms with van der Waals surface area (Å²) < 4.78 is 0. The number of amides is 4. The summed E-state index contributed by atoms with van der Waals surface area (Å²) in [6.45, 7) is 6.85. The molecule has 4 amide bonds. The first-order chi connectivity index (χ1) is 15.8. The number of nitrogens with two attached hydrogens (primary N) is 1. The fraction of sp³-hybridized carbons (Fsp3) is 0.762. The van der Waals surface area contributed by atoms with Gasteiger partial charge in [-0.05, 0) is 18.8 Å². The number of carboxylic acid groups (broad SMARTS) is 1. The van der Waals surface area contributed by atoms with Crippen LogP contribution in [-0.4, -0.2) is 88.3 Å². The fourth-order valence-electron chi connectivity index (χ4n) is 2.84. The number of hydrogen-bond acceptors (Lipinski definition) is 8. The first-order valence-electron chi connectivity index (χ1n) is 11.3. The third-order valence-corrected chi connectivity index (χ3v) is 5.67. The SMILES string of the molecule is CC[C@H](C)[C@H](NC(=O)[C@H](CO)NC(=O)[C@H](C)NC(=O)[C@@H](NC(=O)[C@@H](N)CO)[C@@H](C)CC)C(=O)O. The van der Waals surface area contributed by atoms with Crippen molar-refractivity contribution in [3.05, 3.63) is 0 Å². The van der Waals surface area contributed by atoms with Crippen LogP contribution in [0, 0.1) is 11.8 Å². The standard InChI is InChI=1S/C21H39N5O8/c1-6-10(3)15(25-18(30)13(22)8-27)20(32)23-12(5)17(29)24-14(9-28)19(31)26-16(21(33)34)11(4)7-2/h10-16,27-28H,6-9,22H2,1-5H3,(H,23,32)(H,24,29)(H,25,30)(H,26,31)(H,33,34)/t10-,11-,12-,13-,14-,15-,16-/m0/s1. The Kier molecular flexibility index (Phi) is 14.0. The van der Waals surface area contributed by atoms with E-state index in [9.17, 15) is 34.2 Å². The van der Waals surface area contributed by atoms with Gasteiger partial charge in [0.25, 0.3) is 0 Å². The maximum absolute atomic E-state index is 12.7. The summed E-state index contributed by atoms with van der Waals surface area (Å²) in [7, 11) is 0. The summed E-state index contributed by atoms with van der Waals surface area (Å²) in [5, 5.41) is 37.3. The number of aliphatic hydroxyl groups excluding tert-OH is 2. The number of carboxylic acids is 1.